The molecule has 17 heavy (non-hydrogen) atoms. The second kappa shape index (κ2) is 5.40. The van der Waals surface area contributed by atoms with Crippen molar-refractivity contribution in [2.45, 2.75) is 45.2 Å². The van der Waals surface area contributed by atoms with Gasteiger partial charge in [-0.1, -0.05) is 0 Å². The molecule has 0 saturated carbocycles. The Labute approximate surface area is 108 Å². The summed E-state index contributed by atoms with van der Waals surface area (Å²) in [5.41, 5.74) is -0.223. The number of rotatable bonds is 4. The van der Waals surface area contributed by atoms with Crippen molar-refractivity contribution in [1.29, 1.82) is 0 Å². The molecule has 4 nitrogen and oxygen atoms in total. The molecule has 1 fully saturated rings. The monoisotopic (exact) mass is 259 g/mol. The van der Waals surface area contributed by atoms with E-state index >= 15 is 0 Å². The number of nitrogens with zero attached hydrogens (tertiary/aromatic N) is 1. The van der Waals surface area contributed by atoms with Crippen LogP contribution in [0.25, 0.3) is 0 Å². The third-order valence-corrected chi connectivity index (χ3v) is 3.48. The van der Waals surface area contributed by atoms with Crippen molar-refractivity contribution in [3.63, 3.8) is 0 Å². The van der Waals surface area contributed by atoms with E-state index in [9.17, 15) is 14.7 Å². The zero-order chi connectivity index (χ0) is 13.2. The lowest BCUT2D eigenvalue weighted by atomic mass is 9.99. The lowest BCUT2D eigenvalue weighted by molar-refractivity contribution is -0.143. The highest BCUT2D eigenvalue weighted by Crippen LogP contribution is 2.31. The van der Waals surface area contributed by atoms with Crippen molar-refractivity contribution in [2.75, 3.05) is 12.3 Å². The van der Waals surface area contributed by atoms with Gasteiger partial charge in [-0.15, -0.1) is 0 Å². The number of ketones is 1. The van der Waals surface area contributed by atoms with Crippen LogP contribution in [-0.4, -0.2) is 45.6 Å². The minimum absolute atomic E-state index is 0.137. The number of aliphatic carboxylic acids is 1. The molecular weight excluding hydrogens is 238 g/mol. The third-order valence-electron chi connectivity index (χ3n) is 3.26. The van der Waals surface area contributed by atoms with Gasteiger partial charge in [0, 0.05) is 24.4 Å². The largest absolute Gasteiger partial charge is 0.480 e. The van der Waals surface area contributed by atoms with Crippen molar-refractivity contribution < 1.29 is 14.7 Å². The molecule has 98 valence electrons. The first-order valence-electron chi connectivity index (χ1n) is 5.90. The zero-order valence-corrected chi connectivity index (χ0v) is 11.5. The summed E-state index contributed by atoms with van der Waals surface area (Å²) in [5.74, 6) is -0.315. The molecule has 0 bridgehead atoms. The van der Waals surface area contributed by atoms with Gasteiger partial charge < -0.3 is 5.11 Å². The van der Waals surface area contributed by atoms with Crippen LogP contribution >= 0.6 is 12.6 Å². The molecule has 1 heterocycles. The van der Waals surface area contributed by atoms with Gasteiger partial charge in [0.15, 0.2) is 0 Å². The number of carbonyl (C=O) groups excluding carboxylic acids is 1. The van der Waals surface area contributed by atoms with E-state index in [1.807, 2.05) is 25.7 Å². The second-order valence-electron chi connectivity index (χ2n) is 5.55. The Morgan fingerprint density at radius 3 is 2.35 bits per heavy atom. The fourth-order valence-corrected chi connectivity index (χ4v) is 2.58. The van der Waals surface area contributed by atoms with E-state index in [4.69, 9.17) is 0 Å². The lowest BCUT2D eigenvalue weighted by Gasteiger charge is -2.35. The smallest absolute Gasteiger partial charge is 0.320 e. The van der Waals surface area contributed by atoms with Gasteiger partial charge in [0.05, 0.1) is 0 Å². The molecule has 1 N–H and O–H groups in total. The average Bonchev–Trinajstić information content (AvgIpc) is 2.61. The van der Waals surface area contributed by atoms with E-state index in [0.717, 1.165) is 0 Å². The van der Waals surface area contributed by atoms with Crippen LogP contribution in [-0.2, 0) is 9.59 Å². The summed E-state index contributed by atoms with van der Waals surface area (Å²) >= 11 is 4.04. The maximum absolute atomic E-state index is 11.8. The Balaban J connectivity index is 2.79. The van der Waals surface area contributed by atoms with Crippen molar-refractivity contribution in [2.24, 2.45) is 5.92 Å². The van der Waals surface area contributed by atoms with Gasteiger partial charge in [0.2, 0.25) is 0 Å². The Kier molecular flexibility index (Phi) is 4.61. The highest BCUT2D eigenvalue weighted by atomic mass is 32.1. The van der Waals surface area contributed by atoms with E-state index in [1.54, 1.807) is 0 Å². The molecule has 0 aromatic carbocycles. The summed E-state index contributed by atoms with van der Waals surface area (Å²) < 4.78 is 0. The predicted octanol–water partition coefficient (Wildman–Crippen LogP) is 1.45. The number of carboxylic acids is 1. The highest BCUT2D eigenvalue weighted by Gasteiger charge is 2.43. The number of thiol groups is 1. The molecule has 0 radical (unpaired) electrons. The van der Waals surface area contributed by atoms with Crippen LogP contribution in [0.15, 0.2) is 0 Å². The predicted molar refractivity (Wildman–Crippen MR) is 69.5 cm³/mol. The van der Waals surface area contributed by atoms with E-state index in [1.165, 1.54) is 0 Å². The molecule has 0 amide bonds. The number of Topliss-reactive ketones (excluding diaryl/α,β-unsaturated/α-hetero) is 1. The molecular formula is C12H21NO3S. The molecule has 1 saturated heterocycles. The quantitative estimate of drug-likeness (QED) is 0.750. The van der Waals surface area contributed by atoms with Crippen molar-refractivity contribution >= 4 is 24.4 Å². The first kappa shape index (κ1) is 14.5. The Morgan fingerprint density at radius 1 is 1.41 bits per heavy atom. The van der Waals surface area contributed by atoms with Crippen LogP contribution in [0.2, 0.25) is 0 Å². The minimum Gasteiger partial charge on any atom is -0.480 e. The molecule has 2 atom stereocenters. The van der Waals surface area contributed by atoms with Gasteiger partial charge in [0.1, 0.15) is 11.8 Å². The zero-order valence-electron chi connectivity index (χ0n) is 10.6. The topological polar surface area (TPSA) is 57.6 Å². The molecule has 0 aromatic heterocycles. The van der Waals surface area contributed by atoms with E-state index < -0.39 is 12.0 Å². The summed E-state index contributed by atoms with van der Waals surface area (Å²) in [4.78, 5) is 24.9. The normalized spacial score (nSPS) is 26.1. The molecule has 0 aromatic rings. The minimum atomic E-state index is -0.832. The summed E-state index contributed by atoms with van der Waals surface area (Å²) in [6.07, 6.45) is 0.858. The van der Waals surface area contributed by atoms with E-state index in [-0.39, 0.29) is 17.2 Å². The lowest BCUT2D eigenvalue weighted by Crippen LogP contribution is -2.48. The van der Waals surface area contributed by atoms with Gasteiger partial charge in [-0.25, -0.2) is 0 Å². The Hall–Kier alpha value is -0.550. The SMILES string of the molecule is CC(C)(C)N1CC(C(=O)CCS)C[C@H]1C(=O)O. The number of carbonyl (C=O) groups is 2. The second-order valence-corrected chi connectivity index (χ2v) is 6.00. The third kappa shape index (κ3) is 3.45. The maximum atomic E-state index is 11.8. The maximum Gasteiger partial charge on any atom is 0.320 e. The van der Waals surface area contributed by atoms with Crippen LogP contribution in [0.3, 0.4) is 0 Å². The molecule has 1 rings (SSSR count). The number of likely N-dealkylation sites (tertiary alicyclic amines) is 1. The summed E-state index contributed by atoms with van der Waals surface area (Å²) in [6.45, 7) is 6.49. The van der Waals surface area contributed by atoms with Crippen LogP contribution in [0.1, 0.15) is 33.6 Å². The van der Waals surface area contributed by atoms with Crippen molar-refractivity contribution in [1.82, 2.24) is 4.90 Å². The Morgan fingerprint density at radius 2 is 2.00 bits per heavy atom. The molecule has 1 unspecified atom stereocenters. The fourth-order valence-electron chi connectivity index (χ4n) is 2.36. The molecule has 0 aliphatic carbocycles. The number of hydrogen-bond acceptors (Lipinski definition) is 4. The van der Waals surface area contributed by atoms with Crippen LogP contribution in [0, 0.1) is 5.92 Å². The van der Waals surface area contributed by atoms with Gasteiger partial charge in [0.25, 0.3) is 0 Å². The molecule has 5 heteroatoms. The van der Waals surface area contributed by atoms with Gasteiger partial charge in [-0.3, -0.25) is 14.5 Å². The van der Waals surface area contributed by atoms with E-state index in [2.05, 4.69) is 12.6 Å². The van der Waals surface area contributed by atoms with E-state index in [0.29, 0.717) is 25.1 Å². The molecule has 0 spiro atoms. The molecule has 1 aliphatic rings. The summed E-state index contributed by atoms with van der Waals surface area (Å²) in [7, 11) is 0. The van der Waals surface area contributed by atoms with Gasteiger partial charge in [-0.2, -0.15) is 12.6 Å². The number of hydrogen-bond donors (Lipinski definition) is 2. The highest BCUT2D eigenvalue weighted by molar-refractivity contribution is 7.80. The summed E-state index contributed by atoms with van der Waals surface area (Å²) in [5, 5.41) is 9.21. The molecule has 1 aliphatic heterocycles. The Bertz CT molecular complexity index is 311. The van der Waals surface area contributed by atoms with Crippen molar-refractivity contribution in [3.8, 4) is 0 Å². The van der Waals surface area contributed by atoms with Crippen molar-refractivity contribution in [3.05, 3.63) is 0 Å². The summed E-state index contributed by atoms with van der Waals surface area (Å²) in [6, 6.07) is -0.538. The first-order valence-corrected chi connectivity index (χ1v) is 6.53. The number of carboxylic acid groups (broad SMARTS) is 1. The van der Waals surface area contributed by atoms with Gasteiger partial charge in [-0.05, 0) is 32.9 Å². The average molecular weight is 259 g/mol. The van der Waals surface area contributed by atoms with Crippen LogP contribution < -0.4 is 0 Å². The van der Waals surface area contributed by atoms with Gasteiger partial charge >= 0.3 is 5.97 Å². The van der Waals surface area contributed by atoms with Crippen LogP contribution in [0.5, 0.6) is 0 Å². The fraction of sp³-hybridized carbons (Fsp3) is 0.833. The standard InChI is InChI=1S/C12H21NO3S/c1-12(2,3)13-7-8(10(14)4-5-17)6-9(13)11(15)16/h8-9,17H,4-7H2,1-3H3,(H,15,16)/t8?,9-/m0/s1. The first-order chi connectivity index (χ1) is 7.77. The van der Waals surface area contributed by atoms with Crippen LogP contribution in [0.4, 0.5) is 0 Å².